The Morgan fingerprint density at radius 2 is 2.45 bits per heavy atom. The minimum atomic E-state index is 1.12. The zero-order chi connectivity index (χ0) is 8.10. The number of rotatable bonds is 2. The molecule has 0 saturated carbocycles. The summed E-state index contributed by atoms with van der Waals surface area (Å²) in [6.07, 6.45) is 7.44. The molecule has 0 amide bonds. The van der Waals surface area contributed by atoms with Crippen LogP contribution in [0.5, 0.6) is 0 Å². The number of hydrogen-bond acceptors (Lipinski definition) is 1. The first-order valence-electron chi connectivity index (χ1n) is 3.57. The summed E-state index contributed by atoms with van der Waals surface area (Å²) in [6.45, 7) is 5.70. The highest BCUT2D eigenvalue weighted by Crippen LogP contribution is 2.12. The molecular formula is C10H11N. The second-order valence-electron chi connectivity index (χ2n) is 2.19. The summed E-state index contributed by atoms with van der Waals surface area (Å²) in [6, 6.07) is 3.94. The minimum Gasteiger partial charge on any atom is -0.264 e. The Morgan fingerprint density at radius 1 is 1.64 bits per heavy atom. The lowest BCUT2D eigenvalue weighted by molar-refractivity contribution is 1.31. The topological polar surface area (TPSA) is 12.9 Å². The first kappa shape index (κ1) is 7.73. The highest BCUT2D eigenvalue weighted by atomic mass is 14.6. The molecule has 0 atom stereocenters. The van der Waals surface area contributed by atoms with Gasteiger partial charge >= 0.3 is 0 Å². The van der Waals surface area contributed by atoms with Crippen molar-refractivity contribution in [2.45, 2.75) is 6.92 Å². The van der Waals surface area contributed by atoms with E-state index in [0.29, 0.717) is 0 Å². The highest BCUT2D eigenvalue weighted by Gasteiger charge is 1.92. The fourth-order valence-electron chi connectivity index (χ4n) is 0.936. The van der Waals surface area contributed by atoms with Gasteiger partial charge in [-0.1, -0.05) is 24.8 Å². The van der Waals surface area contributed by atoms with Crippen molar-refractivity contribution in [2.24, 2.45) is 0 Å². The van der Waals surface area contributed by atoms with Gasteiger partial charge in [0.05, 0.1) is 0 Å². The largest absolute Gasteiger partial charge is 0.264 e. The van der Waals surface area contributed by atoms with E-state index in [-0.39, 0.29) is 0 Å². The highest BCUT2D eigenvalue weighted by molar-refractivity contribution is 5.72. The molecule has 0 bridgehead atoms. The smallest absolute Gasteiger partial charge is 0.0346 e. The van der Waals surface area contributed by atoms with Crippen molar-refractivity contribution in [3.8, 4) is 0 Å². The number of aromatic nitrogens is 1. The molecule has 1 rings (SSSR count). The van der Waals surface area contributed by atoms with Gasteiger partial charge in [0, 0.05) is 12.4 Å². The zero-order valence-corrected chi connectivity index (χ0v) is 6.62. The van der Waals surface area contributed by atoms with Crippen molar-refractivity contribution < 1.29 is 0 Å². The molecule has 0 saturated heterocycles. The van der Waals surface area contributed by atoms with Gasteiger partial charge < -0.3 is 0 Å². The lowest BCUT2D eigenvalue weighted by Gasteiger charge is -1.97. The summed E-state index contributed by atoms with van der Waals surface area (Å²) < 4.78 is 0. The quantitative estimate of drug-likeness (QED) is 0.583. The minimum absolute atomic E-state index is 1.12. The Hall–Kier alpha value is -1.37. The first-order chi connectivity index (χ1) is 5.38. The molecule has 1 aromatic rings. The van der Waals surface area contributed by atoms with Crippen LogP contribution in [-0.2, 0) is 0 Å². The van der Waals surface area contributed by atoms with Crippen LogP contribution in [0.4, 0.5) is 0 Å². The Labute approximate surface area is 67.1 Å². The molecule has 0 spiro atoms. The lowest BCUT2D eigenvalue weighted by Crippen LogP contribution is -1.80. The molecule has 0 aromatic carbocycles. The van der Waals surface area contributed by atoms with Gasteiger partial charge in [0.15, 0.2) is 0 Å². The standard InChI is InChI=1S/C10H11N/c1-3-9(4-2)10-6-5-7-11-8-10/h3-8H,1H2,2H3. The predicted molar refractivity (Wildman–Crippen MR) is 48.1 cm³/mol. The van der Waals surface area contributed by atoms with Crippen LogP contribution in [0.15, 0.2) is 43.3 Å². The van der Waals surface area contributed by atoms with Gasteiger partial charge in [-0.15, -0.1) is 0 Å². The van der Waals surface area contributed by atoms with E-state index >= 15 is 0 Å². The second kappa shape index (κ2) is 3.71. The van der Waals surface area contributed by atoms with Crippen LogP contribution in [0.25, 0.3) is 5.57 Å². The van der Waals surface area contributed by atoms with Gasteiger partial charge in [0.25, 0.3) is 0 Å². The van der Waals surface area contributed by atoms with E-state index in [1.54, 1.807) is 6.20 Å². The van der Waals surface area contributed by atoms with E-state index < -0.39 is 0 Å². The van der Waals surface area contributed by atoms with Crippen LogP contribution >= 0.6 is 0 Å². The van der Waals surface area contributed by atoms with Crippen molar-refractivity contribution >= 4 is 5.57 Å². The fourth-order valence-corrected chi connectivity index (χ4v) is 0.936. The molecule has 1 heteroatoms. The number of allylic oxidation sites excluding steroid dienone is 3. The average Bonchev–Trinajstić information content (AvgIpc) is 2.09. The monoisotopic (exact) mass is 145 g/mol. The first-order valence-corrected chi connectivity index (χ1v) is 3.57. The van der Waals surface area contributed by atoms with Crippen LogP contribution in [0, 0.1) is 0 Å². The van der Waals surface area contributed by atoms with Crippen molar-refractivity contribution in [2.75, 3.05) is 0 Å². The van der Waals surface area contributed by atoms with E-state index in [1.807, 2.05) is 37.4 Å². The maximum Gasteiger partial charge on any atom is 0.0346 e. The summed E-state index contributed by atoms with van der Waals surface area (Å²) in [5, 5.41) is 0. The van der Waals surface area contributed by atoms with Crippen LogP contribution in [-0.4, -0.2) is 4.98 Å². The van der Waals surface area contributed by atoms with Crippen molar-refractivity contribution in [1.82, 2.24) is 4.98 Å². The maximum absolute atomic E-state index is 4.01. The van der Waals surface area contributed by atoms with Gasteiger partial charge in [0.1, 0.15) is 0 Å². The summed E-state index contributed by atoms with van der Waals surface area (Å²) >= 11 is 0. The molecule has 11 heavy (non-hydrogen) atoms. The predicted octanol–water partition coefficient (Wildman–Crippen LogP) is 2.67. The van der Waals surface area contributed by atoms with E-state index in [1.165, 1.54) is 0 Å². The van der Waals surface area contributed by atoms with E-state index in [0.717, 1.165) is 11.1 Å². The van der Waals surface area contributed by atoms with Crippen molar-refractivity contribution in [3.63, 3.8) is 0 Å². The summed E-state index contributed by atoms with van der Waals surface area (Å²) in [5.41, 5.74) is 2.24. The summed E-state index contributed by atoms with van der Waals surface area (Å²) in [4.78, 5) is 4.01. The van der Waals surface area contributed by atoms with Crippen LogP contribution in [0.2, 0.25) is 0 Å². The van der Waals surface area contributed by atoms with Gasteiger partial charge in [-0.2, -0.15) is 0 Å². The summed E-state index contributed by atoms with van der Waals surface area (Å²) in [5.74, 6) is 0. The molecule has 0 radical (unpaired) electrons. The normalized spacial score (nSPS) is 11.2. The van der Waals surface area contributed by atoms with E-state index in [4.69, 9.17) is 0 Å². The van der Waals surface area contributed by atoms with Crippen molar-refractivity contribution in [1.29, 1.82) is 0 Å². The van der Waals surface area contributed by atoms with Gasteiger partial charge in [-0.25, -0.2) is 0 Å². The molecular weight excluding hydrogens is 134 g/mol. The second-order valence-corrected chi connectivity index (χ2v) is 2.19. The molecule has 1 aromatic heterocycles. The molecule has 1 heterocycles. The molecule has 1 nitrogen and oxygen atoms in total. The third kappa shape index (κ3) is 1.77. The third-order valence-electron chi connectivity index (χ3n) is 1.53. The van der Waals surface area contributed by atoms with Gasteiger partial charge in [0.2, 0.25) is 0 Å². The van der Waals surface area contributed by atoms with Gasteiger partial charge in [-0.3, -0.25) is 4.98 Å². The van der Waals surface area contributed by atoms with E-state index in [2.05, 4.69) is 11.6 Å². The summed E-state index contributed by atoms with van der Waals surface area (Å²) in [7, 11) is 0. The maximum atomic E-state index is 4.01. The van der Waals surface area contributed by atoms with Crippen LogP contribution in [0.3, 0.4) is 0 Å². The molecule has 0 aliphatic rings. The number of pyridine rings is 1. The molecule has 56 valence electrons. The lowest BCUT2D eigenvalue weighted by atomic mass is 10.1. The molecule has 0 unspecified atom stereocenters. The Morgan fingerprint density at radius 3 is 2.91 bits per heavy atom. The van der Waals surface area contributed by atoms with Gasteiger partial charge in [-0.05, 0) is 24.1 Å². The Balaban J connectivity index is 3.01. The van der Waals surface area contributed by atoms with E-state index in [9.17, 15) is 0 Å². The number of hydrogen-bond donors (Lipinski definition) is 0. The fraction of sp³-hybridized carbons (Fsp3) is 0.100. The SMILES string of the molecule is C=CC(=CC)c1cccnc1. The molecule has 0 fully saturated rings. The Kier molecular flexibility index (Phi) is 2.61. The van der Waals surface area contributed by atoms with Crippen LogP contribution < -0.4 is 0 Å². The van der Waals surface area contributed by atoms with Crippen molar-refractivity contribution in [3.05, 3.63) is 48.8 Å². The molecule has 0 N–H and O–H groups in total. The Bertz CT molecular complexity index is 259. The third-order valence-corrected chi connectivity index (χ3v) is 1.53. The number of nitrogens with zero attached hydrogens (tertiary/aromatic N) is 1. The molecule has 0 aliphatic carbocycles. The van der Waals surface area contributed by atoms with Crippen LogP contribution in [0.1, 0.15) is 12.5 Å². The average molecular weight is 145 g/mol. The molecule has 0 aliphatic heterocycles. The zero-order valence-electron chi connectivity index (χ0n) is 6.62.